The summed E-state index contributed by atoms with van der Waals surface area (Å²) < 4.78 is 11.6. The normalized spacial score (nSPS) is 14.8. The lowest BCUT2D eigenvalue weighted by molar-refractivity contribution is -0.139. The first-order valence-electron chi connectivity index (χ1n) is 7.93. The van der Waals surface area contributed by atoms with Crippen LogP contribution >= 0.6 is 0 Å². The van der Waals surface area contributed by atoms with Crippen molar-refractivity contribution in [1.82, 2.24) is 0 Å². The van der Waals surface area contributed by atoms with Gasteiger partial charge >= 0.3 is 11.9 Å². The maximum absolute atomic E-state index is 11.5. The van der Waals surface area contributed by atoms with Crippen molar-refractivity contribution in [2.75, 3.05) is 6.61 Å². The number of carboxylic acids is 1. The molecule has 0 amide bonds. The van der Waals surface area contributed by atoms with Crippen LogP contribution in [0.15, 0.2) is 12.2 Å². The third-order valence-corrected chi connectivity index (χ3v) is 10.9. The predicted octanol–water partition coefficient (Wildman–Crippen LogP) is 4.03. The highest BCUT2D eigenvalue weighted by molar-refractivity contribution is 6.85. The van der Waals surface area contributed by atoms with Gasteiger partial charge in [0.1, 0.15) is 0 Å². The minimum absolute atomic E-state index is 0.0542. The summed E-state index contributed by atoms with van der Waals surface area (Å²) >= 11 is 0. The highest BCUT2D eigenvalue weighted by Gasteiger charge is 2.43. The van der Waals surface area contributed by atoms with E-state index in [-0.39, 0.29) is 12.0 Å². The molecule has 0 aromatic carbocycles. The van der Waals surface area contributed by atoms with Crippen molar-refractivity contribution < 1.29 is 23.5 Å². The van der Waals surface area contributed by atoms with Gasteiger partial charge in [0.25, 0.3) is 0 Å². The van der Waals surface area contributed by atoms with Crippen LogP contribution in [0.2, 0.25) is 38.3 Å². The smallest absolute Gasteiger partial charge is 0.331 e. The molecule has 0 radical (unpaired) electrons. The van der Waals surface area contributed by atoms with Gasteiger partial charge in [0.2, 0.25) is 0 Å². The molecule has 0 spiro atoms. The fraction of sp³-hybridized carbons (Fsp3) is 0.750. The lowest BCUT2D eigenvalue weighted by atomic mass is 9.90. The van der Waals surface area contributed by atoms with Crippen molar-refractivity contribution in [2.24, 2.45) is 5.41 Å². The van der Waals surface area contributed by atoms with Crippen molar-refractivity contribution in [3.05, 3.63) is 12.2 Å². The molecule has 134 valence electrons. The summed E-state index contributed by atoms with van der Waals surface area (Å²) in [4.78, 5) is 21.9. The van der Waals surface area contributed by atoms with Crippen molar-refractivity contribution in [3.63, 3.8) is 0 Å². The summed E-state index contributed by atoms with van der Waals surface area (Å²) in [7, 11) is -3.60. The number of hydrogen-bond acceptors (Lipinski definition) is 4. The zero-order valence-corrected chi connectivity index (χ0v) is 17.7. The van der Waals surface area contributed by atoms with E-state index in [0.29, 0.717) is 5.54 Å². The van der Waals surface area contributed by atoms with Crippen LogP contribution in [0.1, 0.15) is 27.2 Å². The maximum atomic E-state index is 11.5. The Hall–Kier alpha value is -0.926. The van der Waals surface area contributed by atoms with E-state index >= 15 is 0 Å². The van der Waals surface area contributed by atoms with Crippen LogP contribution in [0, 0.1) is 5.41 Å². The molecule has 0 aliphatic rings. The van der Waals surface area contributed by atoms with Gasteiger partial charge in [0.05, 0.1) is 6.61 Å². The number of hydrogen-bond donors (Lipinski definition) is 1. The van der Waals surface area contributed by atoms with Gasteiger partial charge in [0.15, 0.2) is 16.6 Å². The molecule has 0 bridgehead atoms. The number of aliphatic carboxylic acids is 1. The molecule has 0 aliphatic heterocycles. The topological polar surface area (TPSA) is 72.8 Å². The van der Waals surface area contributed by atoms with Gasteiger partial charge in [-0.25, -0.2) is 9.59 Å². The maximum Gasteiger partial charge on any atom is 0.331 e. The van der Waals surface area contributed by atoms with Gasteiger partial charge in [-0.05, 0) is 50.1 Å². The molecule has 23 heavy (non-hydrogen) atoms. The van der Waals surface area contributed by atoms with Crippen LogP contribution in [-0.2, 0) is 18.4 Å². The first-order chi connectivity index (χ1) is 10.1. The van der Waals surface area contributed by atoms with E-state index in [1.54, 1.807) is 0 Å². The zero-order chi connectivity index (χ0) is 18.5. The second-order valence-electron chi connectivity index (χ2n) is 8.36. The van der Waals surface area contributed by atoms with Gasteiger partial charge in [-0.1, -0.05) is 20.8 Å². The van der Waals surface area contributed by atoms with Crippen molar-refractivity contribution in [1.29, 1.82) is 0 Å². The van der Waals surface area contributed by atoms with Gasteiger partial charge < -0.3 is 14.0 Å². The summed E-state index contributed by atoms with van der Waals surface area (Å²) in [6.45, 7) is 17.9. The fourth-order valence-electron chi connectivity index (χ4n) is 3.15. The third kappa shape index (κ3) is 9.73. The molecule has 0 aliphatic carbocycles. The SMILES string of the molecule is CC(C)(C)C(CCOC(=O)/C=C/C(=O)O)[Si](C)(C)O[Si](C)(C)C. The highest BCUT2D eigenvalue weighted by atomic mass is 28.4. The summed E-state index contributed by atoms with van der Waals surface area (Å²) in [5, 5.41) is 8.50. The molecule has 1 N–H and O–H groups in total. The standard InChI is InChI=1S/C16H32O5Si2/c1-16(2,3)13(23(7,8)21-22(4,5)6)11-12-20-15(19)10-9-14(17)18/h9-10,13H,11-12H2,1-8H3,(H,17,18)/b10-9+. The summed E-state index contributed by atoms with van der Waals surface area (Å²) in [6, 6.07) is 0. The fourth-order valence-corrected chi connectivity index (χ4v) is 12.9. The molecule has 0 fully saturated rings. The van der Waals surface area contributed by atoms with Crippen LogP contribution < -0.4 is 0 Å². The first kappa shape index (κ1) is 22.1. The molecule has 5 nitrogen and oxygen atoms in total. The molecule has 0 rings (SSSR count). The molecule has 1 atom stereocenters. The molecule has 1 unspecified atom stereocenters. The van der Waals surface area contributed by atoms with Crippen molar-refractivity contribution >= 4 is 28.6 Å². The Bertz CT molecular complexity index is 444. The van der Waals surface area contributed by atoms with Crippen LogP contribution in [0.4, 0.5) is 0 Å². The number of rotatable bonds is 8. The van der Waals surface area contributed by atoms with Gasteiger partial charge in [-0.15, -0.1) is 0 Å². The average molecular weight is 361 g/mol. The van der Waals surface area contributed by atoms with Crippen LogP contribution in [0.25, 0.3) is 0 Å². The third-order valence-electron chi connectivity index (χ3n) is 3.47. The lowest BCUT2D eigenvalue weighted by Gasteiger charge is -2.44. The molecular weight excluding hydrogens is 328 g/mol. The zero-order valence-electron chi connectivity index (χ0n) is 15.7. The molecular formula is C16H32O5Si2. The minimum atomic E-state index is -1.95. The largest absolute Gasteiger partial charge is 0.478 e. The van der Waals surface area contributed by atoms with Gasteiger partial charge in [0, 0.05) is 12.2 Å². The number of carboxylic acid groups (broad SMARTS) is 1. The molecule has 0 aromatic heterocycles. The molecule has 7 heteroatoms. The van der Waals surface area contributed by atoms with E-state index in [0.717, 1.165) is 18.6 Å². The van der Waals surface area contributed by atoms with Crippen molar-refractivity contribution in [2.45, 2.75) is 65.5 Å². The Morgan fingerprint density at radius 2 is 1.61 bits per heavy atom. The van der Waals surface area contributed by atoms with Crippen LogP contribution in [0.5, 0.6) is 0 Å². The lowest BCUT2D eigenvalue weighted by Crippen LogP contribution is -2.49. The first-order valence-corrected chi connectivity index (χ1v) is 14.3. The van der Waals surface area contributed by atoms with Crippen molar-refractivity contribution in [3.8, 4) is 0 Å². The molecule has 0 heterocycles. The Morgan fingerprint density at radius 1 is 1.09 bits per heavy atom. The van der Waals surface area contributed by atoms with E-state index in [1.165, 1.54) is 0 Å². The quantitative estimate of drug-likeness (QED) is 0.402. The average Bonchev–Trinajstić information content (AvgIpc) is 2.26. The van der Waals surface area contributed by atoms with Gasteiger partial charge in [-0.3, -0.25) is 0 Å². The number of carbonyl (C=O) groups excluding carboxylic acids is 1. The van der Waals surface area contributed by atoms with Crippen LogP contribution in [0.3, 0.4) is 0 Å². The number of ether oxygens (including phenoxy) is 1. The Balaban J connectivity index is 4.84. The molecule has 0 aromatic rings. The predicted molar refractivity (Wildman–Crippen MR) is 97.5 cm³/mol. The van der Waals surface area contributed by atoms with E-state index < -0.39 is 28.6 Å². The number of carbonyl (C=O) groups is 2. The monoisotopic (exact) mass is 360 g/mol. The Morgan fingerprint density at radius 3 is 2.00 bits per heavy atom. The summed E-state index contributed by atoms with van der Waals surface area (Å²) in [6.07, 6.45) is 2.45. The number of esters is 1. The van der Waals surface area contributed by atoms with E-state index in [2.05, 4.69) is 53.5 Å². The second kappa shape index (κ2) is 8.25. The highest BCUT2D eigenvalue weighted by Crippen LogP contribution is 2.43. The summed E-state index contributed by atoms with van der Waals surface area (Å²) in [5.41, 5.74) is 0.386. The summed E-state index contributed by atoms with van der Waals surface area (Å²) in [5.74, 6) is -1.78. The Kier molecular flexibility index (Phi) is 7.92. The van der Waals surface area contributed by atoms with E-state index in [9.17, 15) is 9.59 Å². The Labute approximate surface area is 142 Å². The van der Waals surface area contributed by atoms with E-state index in [4.69, 9.17) is 14.0 Å². The van der Waals surface area contributed by atoms with Gasteiger partial charge in [-0.2, -0.15) is 0 Å². The minimum Gasteiger partial charge on any atom is -0.478 e. The van der Waals surface area contributed by atoms with E-state index in [1.807, 2.05) is 0 Å². The molecule has 0 saturated carbocycles. The molecule has 0 saturated heterocycles. The van der Waals surface area contributed by atoms with Crippen LogP contribution in [-0.4, -0.2) is 40.3 Å². The second-order valence-corrected chi connectivity index (χ2v) is 17.3.